The van der Waals surface area contributed by atoms with E-state index in [1.165, 1.54) is 0 Å². The van der Waals surface area contributed by atoms with Crippen molar-refractivity contribution in [2.45, 2.75) is 19.4 Å². The summed E-state index contributed by atoms with van der Waals surface area (Å²) in [4.78, 5) is 10.9. The number of rotatable bonds is 5. The lowest BCUT2D eigenvalue weighted by atomic mass is 10.1. The highest BCUT2D eigenvalue weighted by atomic mass is 79.9. The topological polar surface area (TPSA) is 46.5 Å². The molecule has 0 saturated carbocycles. The van der Waals surface area contributed by atoms with Gasteiger partial charge in [-0.3, -0.25) is 4.79 Å². The van der Waals surface area contributed by atoms with Crippen molar-refractivity contribution in [3.8, 4) is 5.75 Å². The number of ether oxygens (including phenoxy) is 1. The van der Waals surface area contributed by atoms with Gasteiger partial charge in [-0.05, 0) is 24.6 Å². The van der Waals surface area contributed by atoms with Crippen LogP contribution in [0.25, 0.3) is 0 Å². The van der Waals surface area contributed by atoms with E-state index in [1.807, 2.05) is 43.3 Å². The van der Waals surface area contributed by atoms with Crippen molar-refractivity contribution in [1.29, 1.82) is 0 Å². The first-order valence-corrected chi connectivity index (χ1v) is 7.07. The Morgan fingerprint density at radius 3 is 2.60 bits per heavy atom. The van der Waals surface area contributed by atoms with Crippen LogP contribution in [-0.2, 0) is 11.2 Å². The number of benzene rings is 2. The molecule has 2 rings (SSSR count). The summed E-state index contributed by atoms with van der Waals surface area (Å²) in [5.41, 5.74) is 1.72. The van der Waals surface area contributed by atoms with Gasteiger partial charge in [0.25, 0.3) is 0 Å². The van der Waals surface area contributed by atoms with Crippen LogP contribution >= 0.6 is 15.9 Å². The normalized spacial score (nSPS) is 11.9. The monoisotopic (exact) mass is 334 g/mol. The minimum Gasteiger partial charge on any atom is -0.486 e. The Labute approximate surface area is 126 Å². The van der Waals surface area contributed by atoms with Gasteiger partial charge < -0.3 is 9.84 Å². The maximum Gasteiger partial charge on any atom is 0.307 e. The molecule has 104 valence electrons. The van der Waals surface area contributed by atoms with E-state index in [4.69, 9.17) is 9.84 Å². The lowest BCUT2D eigenvalue weighted by Crippen LogP contribution is -2.07. The number of carboxylic acid groups (broad SMARTS) is 1. The molecule has 0 saturated heterocycles. The van der Waals surface area contributed by atoms with Crippen LogP contribution in [-0.4, -0.2) is 11.1 Å². The van der Waals surface area contributed by atoms with Crippen molar-refractivity contribution in [1.82, 2.24) is 0 Å². The fourth-order valence-corrected chi connectivity index (χ4v) is 2.27. The SMILES string of the molecule is C[C@@H](Oc1cc(Br)ccc1CC(=O)O)c1ccccc1. The second-order valence-corrected chi connectivity index (χ2v) is 5.41. The summed E-state index contributed by atoms with van der Waals surface area (Å²) < 4.78 is 6.78. The summed E-state index contributed by atoms with van der Waals surface area (Å²) >= 11 is 3.38. The van der Waals surface area contributed by atoms with E-state index in [0.717, 1.165) is 10.0 Å². The number of carbonyl (C=O) groups is 1. The summed E-state index contributed by atoms with van der Waals surface area (Å²) in [7, 11) is 0. The molecule has 0 aliphatic carbocycles. The van der Waals surface area contributed by atoms with Gasteiger partial charge in [0.1, 0.15) is 11.9 Å². The van der Waals surface area contributed by atoms with Gasteiger partial charge in [0, 0.05) is 10.0 Å². The quantitative estimate of drug-likeness (QED) is 0.890. The smallest absolute Gasteiger partial charge is 0.307 e. The van der Waals surface area contributed by atoms with Crippen molar-refractivity contribution in [2.24, 2.45) is 0 Å². The minimum atomic E-state index is -0.871. The van der Waals surface area contributed by atoms with E-state index in [2.05, 4.69) is 15.9 Å². The maximum absolute atomic E-state index is 10.9. The largest absolute Gasteiger partial charge is 0.486 e. The molecule has 2 aromatic rings. The molecule has 0 fully saturated rings. The van der Waals surface area contributed by atoms with Crippen molar-refractivity contribution in [3.05, 3.63) is 64.1 Å². The Morgan fingerprint density at radius 2 is 1.95 bits per heavy atom. The number of carboxylic acids is 1. The van der Waals surface area contributed by atoms with Gasteiger partial charge in [0.2, 0.25) is 0 Å². The van der Waals surface area contributed by atoms with E-state index >= 15 is 0 Å². The number of halogens is 1. The first-order chi connectivity index (χ1) is 9.56. The third-order valence-electron chi connectivity index (χ3n) is 2.94. The lowest BCUT2D eigenvalue weighted by Gasteiger charge is -2.17. The van der Waals surface area contributed by atoms with Crippen LogP contribution in [0.1, 0.15) is 24.2 Å². The molecule has 0 heterocycles. The minimum absolute atomic E-state index is 0.0515. The van der Waals surface area contributed by atoms with Crippen molar-refractivity contribution < 1.29 is 14.6 Å². The van der Waals surface area contributed by atoms with Gasteiger partial charge in [-0.25, -0.2) is 0 Å². The molecule has 20 heavy (non-hydrogen) atoms. The summed E-state index contributed by atoms with van der Waals surface area (Å²) in [6.45, 7) is 1.95. The molecule has 3 nitrogen and oxygen atoms in total. The highest BCUT2D eigenvalue weighted by molar-refractivity contribution is 9.10. The molecular weight excluding hydrogens is 320 g/mol. The molecule has 0 bridgehead atoms. The van der Waals surface area contributed by atoms with Crippen LogP contribution in [0.3, 0.4) is 0 Å². The van der Waals surface area contributed by atoms with Crippen LogP contribution in [0.2, 0.25) is 0 Å². The van der Waals surface area contributed by atoms with Gasteiger partial charge >= 0.3 is 5.97 Å². The molecule has 0 aliphatic heterocycles. The Kier molecular flexibility index (Phi) is 4.79. The number of hydrogen-bond donors (Lipinski definition) is 1. The summed E-state index contributed by atoms with van der Waals surface area (Å²) in [6.07, 6.45) is -0.192. The van der Waals surface area contributed by atoms with E-state index in [1.54, 1.807) is 12.1 Å². The van der Waals surface area contributed by atoms with Gasteiger partial charge in [-0.2, -0.15) is 0 Å². The molecule has 0 unspecified atom stereocenters. The van der Waals surface area contributed by atoms with Gasteiger partial charge in [0.05, 0.1) is 6.42 Å². The number of hydrogen-bond acceptors (Lipinski definition) is 2. The van der Waals surface area contributed by atoms with E-state index in [9.17, 15) is 4.79 Å². The average molecular weight is 335 g/mol. The van der Waals surface area contributed by atoms with Crippen molar-refractivity contribution in [2.75, 3.05) is 0 Å². The first-order valence-electron chi connectivity index (χ1n) is 6.28. The summed E-state index contributed by atoms with van der Waals surface area (Å²) in [5.74, 6) is -0.275. The predicted molar refractivity (Wildman–Crippen MR) is 81.0 cm³/mol. The fraction of sp³-hybridized carbons (Fsp3) is 0.188. The van der Waals surface area contributed by atoms with Crippen LogP contribution in [0, 0.1) is 0 Å². The first kappa shape index (κ1) is 14.6. The molecule has 1 atom stereocenters. The van der Waals surface area contributed by atoms with Crippen LogP contribution in [0.4, 0.5) is 0 Å². The molecular formula is C16H15BrO3. The molecule has 2 aromatic carbocycles. The van der Waals surface area contributed by atoms with Crippen LogP contribution in [0.15, 0.2) is 53.0 Å². The zero-order chi connectivity index (χ0) is 14.5. The lowest BCUT2D eigenvalue weighted by molar-refractivity contribution is -0.136. The zero-order valence-electron chi connectivity index (χ0n) is 11.0. The van der Waals surface area contributed by atoms with Crippen LogP contribution < -0.4 is 4.74 Å². The highest BCUT2D eigenvalue weighted by Crippen LogP contribution is 2.28. The zero-order valence-corrected chi connectivity index (χ0v) is 12.6. The second kappa shape index (κ2) is 6.57. The maximum atomic E-state index is 10.9. The van der Waals surface area contributed by atoms with Crippen LogP contribution in [0.5, 0.6) is 5.75 Å². The van der Waals surface area contributed by atoms with Gasteiger partial charge in [-0.15, -0.1) is 0 Å². The van der Waals surface area contributed by atoms with E-state index in [0.29, 0.717) is 11.3 Å². The van der Waals surface area contributed by atoms with Crippen molar-refractivity contribution >= 4 is 21.9 Å². The Bertz CT molecular complexity index is 596. The highest BCUT2D eigenvalue weighted by Gasteiger charge is 2.13. The van der Waals surface area contributed by atoms with E-state index < -0.39 is 5.97 Å². The fourth-order valence-electron chi connectivity index (χ4n) is 1.93. The summed E-state index contributed by atoms with van der Waals surface area (Å²) in [6, 6.07) is 15.2. The molecule has 1 N–H and O–H groups in total. The van der Waals surface area contributed by atoms with E-state index in [-0.39, 0.29) is 12.5 Å². The molecule has 0 aliphatic rings. The van der Waals surface area contributed by atoms with Gasteiger partial charge in [0.15, 0.2) is 0 Å². The average Bonchev–Trinajstić information content (AvgIpc) is 2.42. The second-order valence-electron chi connectivity index (χ2n) is 4.49. The standard InChI is InChI=1S/C16H15BrO3/c1-11(12-5-3-2-4-6-12)20-15-10-14(17)8-7-13(15)9-16(18)19/h2-8,10-11H,9H2,1H3,(H,18,19)/t11-/m1/s1. The molecule has 0 spiro atoms. The Morgan fingerprint density at radius 1 is 1.25 bits per heavy atom. The third-order valence-corrected chi connectivity index (χ3v) is 3.44. The third kappa shape index (κ3) is 3.84. The number of aliphatic carboxylic acids is 1. The molecule has 0 aromatic heterocycles. The summed E-state index contributed by atoms with van der Waals surface area (Å²) in [5, 5.41) is 8.94. The molecule has 0 radical (unpaired) electrons. The predicted octanol–water partition coefficient (Wildman–Crippen LogP) is 4.22. The Balaban J connectivity index is 2.23. The molecule has 0 amide bonds. The van der Waals surface area contributed by atoms with Gasteiger partial charge in [-0.1, -0.05) is 52.3 Å². The van der Waals surface area contributed by atoms with Crippen molar-refractivity contribution in [3.63, 3.8) is 0 Å². The Hall–Kier alpha value is -1.81. The molecule has 4 heteroatoms.